The molecule has 1 unspecified atom stereocenters. The van der Waals surface area contributed by atoms with Crippen molar-refractivity contribution in [1.29, 1.82) is 0 Å². The molecule has 10 heteroatoms. The highest BCUT2D eigenvalue weighted by Crippen LogP contribution is 2.30. The second-order valence-electron chi connectivity index (χ2n) is 6.91. The highest BCUT2D eigenvalue weighted by atomic mass is 35.5. The third kappa shape index (κ3) is 4.62. The zero-order chi connectivity index (χ0) is 22.1. The van der Waals surface area contributed by atoms with Crippen molar-refractivity contribution in [2.24, 2.45) is 5.92 Å². The molecule has 0 saturated heterocycles. The van der Waals surface area contributed by atoms with Crippen LogP contribution >= 0.6 is 11.6 Å². The van der Waals surface area contributed by atoms with Gasteiger partial charge in [-0.3, -0.25) is 4.79 Å². The molecule has 0 aliphatic rings. The van der Waals surface area contributed by atoms with Crippen LogP contribution in [0.25, 0.3) is 5.82 Å². The number of alkyl halides is 3. The molecular formula is C20H17ClF4N4O. The lowest BCUT2D eigenvalue weighted by atomic mass is 9.96. The molecule has 0 aliphatic heterocycles. The normalized spacial score (nSPS) is 12.8. The van der Waals surface area contributed by atoms with Gasteiger partial charge in [-0.15, -0.1) is 0 Å². The van der Waals surface area contributed by atoms with Crippen LogP contribution in [0.15, 0.2) is 53.6 Å². The first kappa shape index (κ1) is 21.8. The summed E-state index contributed by atoms with van der Waals surface area (Å²) in [6, 6.07) is 7.48. The monoisotopic (exact) mass is 440 g/mol. The Morgan fingerprint density at radius 2 is 1.73 bits per heavy atom. The number of rotatable bonds is 5. The lowest BCUT2D eigenvalue weighted by molar-refractivity contribution is -0.137. The summed E-state index contributed by atoms with van der Waals surface area (Å²) in [5.41, 5.74) is -0.651. The Morgan fingerprint density at radius 3 is 2.27 bits per heavy atom. The molecule has 0 bridgehead atoms. The lowest BCUT2D eigenvalue weighted by Crippen LogP contribution is -2.25. The van der Waals surface area contributed by atoms with Crippen LogP contribution in [0.4, 0.5) is 23.2 Å². The lowest BCUT2D eigenvalue weighted by Gasteiger charge is -2.24. The van der Waals surface area contributed by atoms with E-state index < -0.39 is 17.3 Å². The Kier molecular flexibility index (Phi) is 6.12. The van der Waals surface area contributed by atoms with Gasteiger partial charge in [-0.25, -0.2) is 9.37 Å². The molecule has 30 heavy (non-hydrogen) atoms. The molecule has 158 valence electrons. The molecule has 0 aliphatic carbocycles. The van der Waals surface area contributed by atoms with Crippen molar-refractivity contribution in [3.63, 3.8) is 0 Å². The van der Waals surface area contributed by atoms with E-state index in [2.05, 4.69) is 15.4 Å². The Morgan fingerprint density at radius 1 is 1.07 bits per heavy atom. The number of hydrogen-bond donors (Lipinski definition) is 1. The maximum atomic E-state index is 13.2. The second kappa shape index (κ2) is 8.43. The highest BCUT2D eigenvalue weighted by molar-refractivity contribution is 6.33. The Labute approximate surface area is 174 Å². The molecule has 0 saturated carbocycles. The quantitative estimate of drug-likeness (QED) is 0.551. The van der Waals surface area contributed by atoms with Crippen LogP contribution in [0.5, 0.6) is 0 Å². The van der Waals surface area contributed by atoms with Crippen LogP contribution in [0.2, 0.25) is 5.02 Å². The smallest absolute Gasteiger partial charge is 0.375 e. The summed E-state index contributed by atoms with van der Waals surface area (Å²) < 4.78 is 52.1. The molecule has 0 spiro atoms. The average Bonchev–Trinajstić information content (AvgIpc) is 2.69. The molecular weight excluding hydrogens is 424 g/mol. The van der Waals surface area contributed by atoms with Gasteiger partial charge in [0.05, 0.1) is 23.5 Å². The number of nitrogens with zero attached hydrogens (tertiary/aromatic N) is 3. The van der Waals surface area contributed by atoms with E-state index in [0.29, 0.717) is 6.20 Å². The Balaban J connectivity index is 1.92. The molecule has 0 amide bonds. The summed E-state index contributed by atoms with van der Waals surface area (Å²) >= 11 is 6.21. The second-order valence-corrected chi connectivity index (χ2v) is 7.29. The van der Waals surface area contributed by atoms with Gasteiger partial charge in [0.2, 0.25) is 0 Å². The van der Waals surface area contributed by atoms with Gasteiger partial charge in [0.25, 0.3) is 5.56 Å². The van der Waals surface area contributed by atoms with Crippen molar-refractivity contribution in [1.82, 2.24) is 14.8 Å². The standard InChI is InChI=1S/C20H17ClF4N4O/c1-11(2)18(12-3-6-14(22)7-4-12)28-15-10-27-29(19(30)17(15)21)16-8-5-13(9-26-16)20(23,24)25/h3-11,18,28H,1-2H3. The first-order valence-electron chi connectivity index (χ1n) is 8.91. The number of halogens is 5. The van der Waals surface area contributed by atoms with E-state index in [1.807, 2.05) is 13.8 Å². The van der Waals surface area contributed by atoms with Crippen LogP contribution in [0.1, 0.15) is 31.0 Å². The van der Waals surface area contributed by atoms with E-state index in [9.17, 15) is 22.4 Å². The van der Waals surface area contributed by atoms with E-state index in [0.717, 1.165) is 22.4 Å². The maximum absolute atomic E-state index is 13.2. The van der Waals surface area contributed by atoms with E-state index >= 15 is 0 Å². The molecule has 5 nitrogen and oxygen atoms in total. The number of aromatic nitrogens is 3. The van der Waals surface area contributed by atoms with Crippen LogP contribution < -0.4 is 10.9 Å². The van der Waals surface area contributed by atoms with Crippen LogP contribution in [0, 0.1) is 11.7 Å². The van der Waals surface area contributed by atoms with E-state index in [1.54, 1.807) is 12.1 Å². The van der Waals surface area contributed by atoms with Crippen molar-refractivity contribution >= 4 is 17.3 Å². The zero-order valence-corrected chi connectivity index (χ0v) is 16.7. The fourth-order valence-electron chi connectivity index (χ4n) is 2.85. The van der Waals surface area contributed by atoms with Crippen molar-refractivity contribution in [3.8, 4) is 5.82 Å². The largest absolute Gasteiger partial charge is 0.417 e. The van der Waals surface area contributed by atoms with Gasteiger partial charge in [-0.1, -0.05) is 37.6 Å². The van der Waals surface area contributed by atoms with Crippen LogP contribution in [0.3, 0.4) is 0 Å². The van der Waals surface area contributed by atoms with Gasteiger partial charge >= 0.3 is 6.18 Å². The molecule has 0 radical (unpaired) electrons. The van der Waals surface area contributed by atoms with Crippen molar-refractivity contribution in [2.45, 2.75) is 26.1 Å². The number of pyridine rings is 1. The number of hydrogen-bond acceptors (Lipinski definition) is 4. The molecule has 3 rings (SSSR count). The van der Waals surface area contributed by atoms with Gasteiger partial charge < -0.3 is 5.32 Å². The minimum absolute atomic E-state index is 0.0607. The van der Waals surface area contributed by atoms with Crippen LogP contribution in [-0.4, -0.2) is 14.8 Å². The van der Waals surface area contributed by atoms with Crippen LogP contribution in [-0.2, 0) is 6.18 Å². The van der Waals surface area contributed by atoms with E-state index in [1.165, 1.54) is 18.3 Å². The molecule has 2 heterocycles. The third-order valence-electron chi connectivity index (χ3n) is 4.42. The first-order valence-corrected chi connectivity index (χ1v) is 9.29. The molecule has 2 aromatic heterocycles. The summed E-state index contributed by atoms with van der Waals surface area (Å²) in [5.74, 6) is -0.404. The van der Waals surface area contributed by atoms with Crippen molar-refractivity contribution < 1.29 is 17.6 Å². The predicted molar refractivity (Wildman–Crippen MR) is 105 cm³/mol. The zero-order valence-electron chi connectivity index (χ0n) is 15.9. The number of benzene rings is 1. The molecule has 0 fully saturated rings. The predicted octanol–water partition coefficient (Wildman–Crippen LogP) is 5.25. The Hall–Kier alpha value is -2.94. The highest BCUT2D eigenvalue weighted by Gasteiger charge is 2.30. The molecule has 3 aromatic rings. The molecule has 1 aromatic carbocycles. The first-order chi connectivity index (χ1) is 14.1. The van der Waals surface area contributed by atoms with Gasteiger partial charge in [-0.2, -0.15) is 23.0 Å². The van der Waals surface area contributed by atoms with Gasteiger partial charge in [-0.05, 0) is 35.7 Å². The minimum Gasteiger partial charge on any atom is -0.375 e. The van der Waals surface area contributed by atoms with Gasteiger partial charge in [0.15, 0.2) is 5.82 Å². The molecule has 1 atom stereocenters. The average molecular weight is 441 g/mol. The topological polar surface area (TPSA) is 59.8 Å². The maximum Gasteiger partial charge on any atom is 0.417 e. The van der Waals surface area contributed by atoms with E-state index in [4.69, 9.17) is 11.6 Å². The summed E-state index contributed by atoms with van der Waals surface area (Å²) in [5, 5.41) is 6.91. The fourth-order valence-corrected chi connectivity index (χ4v) is 3.03. The number of nitrogens with one attached hydrogen (secondary N) is 1. The minimum atomic E-state index is -4.54. The van der Waals surface area contributed by atoms with Gasteiger partial charge in [0.1, 0.15) is 10.8 Å². The molecule has 1 N–H and O–H groups in total. The van der Waals surface area contributed by atoms with Crippen molar-refractivity contribution in [2.75, 3.05) is 5.32 Å². The van der Waals surface area contributed by atoms with Crippen molar-refractivity contribution in [3.05, 3.63) is 81.1 Å². The van der Waals surface area contributed by atoms with Gasteiger partial charge in [0, 0.05) is 6.20 Å². The van der Waals surface area contributed by atoms with E-state index in [-0.39, 0.29) is 34.3 Å². The summed E-state index contributed by atoms with van der Waals surface area (Å²) in [6.45, 7) is 3.88. The number of anilines is 1. The summed E-state index contributed by atoms with van der Waals surface area (Å²) in [4.78, 5) is 16.3. The summed E-state index contributed by atoms with van der Waals surface area (Å²) in [7, 11) is 0. The Bertz CT molecular complexity index is 1080. The summed E-state index contributed by atoms with van der Waals surface area (Å²) in [6.07, 6.45) is -2.63. The third-order valence-corrected chi connectivity index (χ3v) is 4.78. The SMILES string of the molecule is CC(C)C(Nc1cnn(-c2ccc(C(F)(F)F)cn2)c(=O)c1Cl)c1ccc(F)cc1. The fraction of sp³-hybridized carbons (Fsp3) is 0.250.